The van der Waals surface area contributed by atoms with E-state index in [1.54, 1.807) is 12.4 Å². The zero-order chi connectivity index (χ0) is 17.4. The zero-order valence-electron chi connectivity index (χ0n) is 13.9. The molecule has 25 heavy (non-hydrogen) atoms. The highest BCUT2D eigenvalue weighted by Crippen LogP contribution is 2.51. The first-order chi connectivity index (χ1) is 12.1. The summed E-state index contributed by atoms with van der Waals surface area (Å²) in [6, 6.07) is 11.7. The van der Waals surface area contributed by atoms with E-state index in [2.05, 4.69) is 15.3 Å². The fourth-order valence-electron chi connectivity index (χ4n) is 3.24. The van der Waals surface area contributed by atoms with Gasteiger partial charge in [-0.1, -0.05) is 38.1 Å². The lowest BCUT2D eigenvalue weighted by Gasteiger charge is -2.37. The first-order valence-corrected chi connectivity index (χ1v) is 8.88. The van der Waals surface area contributed by atoms with Crippen LogP contribution in [0.3, 0.4) is 0 Å². The van der Waals surface area contributed by atoms with Gasteiger partial charge in [-0.25, -0.2) is 9.97 Å². The monoisotopic (exact) mass is 351 g/mol. The number of thiazole rings is 1. The van der Waals surface area contributed by atoms with Gasteiger partial charge in [-0.2, -0.15) is 0 Å². The SMILES string of the molecule is CC(C)(C(=O)Nc1nccs1)C1c2ccccc2Oc2ncccc21. The topological polar surface area (TPSA) is 64.1 Å². The summed E-state index contributed by atoms with van der Waals surface area (Å²) < 4.78 is 5.94. The lowest BCUT2D eigenvalue weighted by atomic mass is 9.70. The summed E-state index contributed by atoms with van der Waals surface area (Å²) in [7, 11) is 0. The van der Waals surface area contributed by atoms with Crippen LogP contribution >= 0.6 is 11.3 Å². The number of carbonyl (C=O) groups is 1. The van der Waals surface area contributed by atoms with Gasteiger partial charge in [0.1, 0.15) is 5.75 Å². The molecule has 3 aromatic rings. The summed E-state index contributed by atoms with van der Waals surface area (Å²) in [4.78, 5) is 21.6. The number of aromatic nitrogens is 2. The van der Waals surface area contributed by atoms with E-state index in [1.807, 2.05) is 55.6 Å². The molecule has 1 aliphatic heterocycles. The van der Waals surface area contributed by atoms with Crippen molar-refractivity contribution in [2.45, 2.75) is 19.8 Å². The minimum atomic E-state index is -0.719. The number of nitrogens with one attached hydrogen (secondary N) is 1. The first-order valence-electron chi connectivity index (χ1n) is 8.00. The molecule has 1 N–H and O–H groups in total. The molecule has 0 saturated heterocycles. The van der Waals surface area contributed by atoms with Crippen LogP contribution in [0.1, 0.15) is 30.9 Å². The number of para-hydroxylation sites is 1. The Bertz CT molecular complexity index is 876. The van der Waals surface area contributed by atoms with E-state index in [0.717, 1.165) is 16.9 Å². The van der Waals surface area contributed by atoms with Crippen LogP contribution in [0.15, 0.2) is 54.2 Å². The van der Waals surface area contributed by atoms with Crippen LogP contribution in [0.25, 0.3) is 0 Å². The van der Waals surface area contributed by atoms with Crippen LogP contribution in [-0.2, 0) is 4.79 Å². The largest absolute Gasteiger partial charge is 0.438 e. The fraction of sp³-hybridized carbons (Fsp3) is 0.211. The van der Waals surface area contributed by atoms with E-state index >= 15 is 0 Å². The summed E-state index contributed by atoms with van der Waals surface area (Å²) >= 11 is 1.41. The second-order valence-corrected chi connectivity index (χ2v) is 7.38. The smallest absolute Gasteiger partial charge is 0.232 e. The lowest BCUT2D eigenvalue weighted by molar-refractivity contribution is -0.124. The van der Waals surface area contributed by atoms with E-state index in [-0.39, 0.29) is 11.8 Å². The molecule has 0 bridgehead atoms. The van der Waals surface area contributed by atoms with Crippen molar-refractivity contribution in [2.24, 2.45) is 5.41 Å². The molecule has 1 aromatic carbocycles. The van der Waals surface area contributed by atoms with E-state index < -0.39 is 5.41 Å². The number of carbonyl (C=O) groups excluding carboxylic acids is 1. The number of hydrogen-bond donors (Lipinski definition) is 1. The van der Waals surface area contributed by atoms with E-state index in [1.165, 1.54) is 11.3 Å². The third-order valence-corrected chi connectivity index (χ3v) is 5.20. The van der Waals surface area contributed by atoms with Gasteiger partial charge in [-0.05, 0) is 12.1 Å². The number of fused-ring (bicyclic) bond motifs is 2. The molecule has 0 aliphatic carbocycles. The molecule has 0 spiro atoms. The Balaban J connectivity index is 1.79. The normalized spacial score (nSPS) is 15.7. The molecule has 6 heteroatoms. The average molecular weight is 351 g/mol. The molecule has 1 unspecified atom stereocenters. The predicted molar refractivity (Wildman–Crippen MR) is 97.1 cm³/mol. The summed E-state index contributed by atoms with van der Waals surface area (Å²) in [6.07, 6.45) is 3.38. The van der Waals surface area contributed by atoms with Crippen LogP contribution in [-0.4, -0.2) is 15.9 Å². The Morgan fingerprint density at radius 3 is 2.72 bits per heavy atom. The predicted octanol–water partition coefficient (Wildman–Crippen LogP) is 4.44. The van der Waals surface area contributed by atoms with Crippen LogP contribution in [0.2, 0.25) is 0 Å². The molecular weight excluding hydrogens is 334 g/mol. The van der Waals surface area contributed by atoms with Crippen molar-refractivity contribution >= 4 is 22.4 Å². The molecule has 1 amide bonds. The summed E-state index contributed by atoms with van der Waals surface area (Å²) in [5.41, 5.74) is 1.19. The van der Waals surface area contributed by atoms with Gasteiger partial charge in [0.15, 0.2) is 5.13 Å². The Hall–Kier alpha value is -2.73. The van der Waals surface area contributed by atoms with Crippen LogP contribution in [0.5, 0.6) is 11.6 Å². The number of anilines is 1. The summed E-state index contributed by atoms with van der Waals surface area (Å²) in [5, 5.41) is 5.37. The van der Waals surface area contributed by atoms with Gasteiger partial charge < -0.3 is 10.1 Å². The Kier molecular flexibility index (Phi) is 3.77. The van der Waals surface area contributed by atoms with Crippen LogP contribution in [0, 0.1) is 5.41 Å². The number of rotatable bonds is 3. The molecule has 126 valence electrons. The number of hydrogen-bond acceptors (Lipinski definition) is 5. The highest BCUT2D eigenvalue weighted by atomic mass is 32.1. The van der Waals surface area contributed by atoms with Gasteiger partial charge in [0, 0.05) is 34.8 Å². The van der Waals surface area contributed by atoms with Crippen LogP contribution < -0.4 is 10.1 Å². The molecule has 1 aliphatic rings. The van der Waals surface area contributed by atoms with E-state index in [9.17, 15) is 4.79 Å². The molecule has 5 nitrogen and oxygen atoms in total. The summed E-state index contributed by atoms with van der Waals surface area (Å²) in [6.45, 7) is 3.89. The minimum absolute atomic E-state index is 0.0843. The number of benzene rings is 1. The van der Waals surface area contributed by atoms with Gasteiger partial charge in [0.2, 0.25) is 11.8 Å². The minimum Gasteiger partial charge on any atom is -0.438 e. The maximum atomic E-state index is 13.0. The zero-order valence-corrected chi connectivity index (χ0v) is 14.7. The number of nitrogens with zero attached hydrogens (tertiary/aromatic N) is 2. The molecular formula is C19H17N3O2S. The Morgan fingerprint density at radius 1 is 1.12 bits per heavy atom. The molecule has 0 fully saturated rings. The molecule has 3 heterocycles. The van der Waals surface area contributed by atoms with Gasteiger partial charge in [-0.15, -0.1) is 11.3 Å². The van der Waals surface area contributed by atoms with Crippen molar-refractivity contribution in [2.75, 3.05) is 5.32 Å². The van der Waals surface area contributed by atoms with Crippen molar-refractivity contribution in [1.29, 1.82) is 0 Å². The van der Waals surface area contributed by atoms with Gasteiger partial charge in [0.25, 0.3) is 0 Å². The molecule has 0 radical (unpaired) electrons. The number of pyridine rings is 1. The number of ether oxygens (including phenoxy) is 1. The quantitative estimate of drug-likeness (QED) is 0.758. The average Bonchev–Trinajstić information content (AvgIpc) is 3.12. The standard InChI is InChI=1S/C19H17N3O2S/c1-19(2,17(23)22-18-21-10-11-25-18)15-12-6-3-4-8-14(12)24-16-13(15)7-5-9-20-16/h3-11,15H,1-2H3,(H,21,22,23). The van der Waals surface area contributed by atoms with Crippen molar-refractivity contribution in [3.8, 4) is 11.6 Å². The number of amides is 1. The molecule has 2 aromatic heterocycles. The maximum Gasteiger partial charge on any atom is 0.232 e. The Labute approximate surface area is 149 Å². The second-order valence-electron chi connectivity index (χ2n) is 6.48. The van der Waals surface area contributed by atoms with Crippen molar-refractivity contribution in [3.63, 3.8) is 0 Å². The van der Waals surface area contributed by atoms with E-state index in [0.29, 0.717) is 11.0 Å². The van der Waals surface area contributed by atoms with Crippen molar-refractivity contribution in [1.82, 2.24) is 9.97 Å². The molecule has 0 saturated carbocycles. The van der Waals surface area contributed by atoms with Crippen molar-refractivity contribution < 1.29 is 9.53 Å². The Morgan fingerprint density at radius 2 is 1.92 bits per heavy atom. The maximum absolute atomic E-state index is 13.0. The highest BCUT2D eigenvalue weighted by molar-refractivity contribution is 7.13. The third-order valence-electron chi connectivity index (χ3n) is 4.51. The van der Waals surface area contributed by atoms with Gasteiger partial charge in [0.05, 0.1) is 5.41 Å². The van der Waals surface area contributed by atoms with Crippen molar-refractivity contribution in [3.05, 3.63) is 65.3 Å². The van der Waals surface area contributed by atoms with Crippen LogP contribution in [0.4, 0.5) is 5.13 Å². The van der Waals surface area contributed by atoms with Gasteiger partial charge in [-0.3, -0.25) is 4.79 Å². The fourth-order valence-corrected chi connectivity index (χ4v) is 3.77. The third kappa shape index (κ3) is 2.68. The van der Waals surface area contributed by atoms with Gasteiger partial charge >= 0.3 is 0 Å². The van der Waals surface area contributed by atoms with E-state index in [4.69, 9.17) is 4.74 Å². The molecule has 4 rings (SSSR count). The highest BCUT2D eigenvalue weighted by Gasteiger charge is 2.44. The second kappa shape index (κ2) is 5.97. The lowest BCUT2D eigenvalue weighted by Crippen LogP contribution is -2.38. The first kappa shape index (κ1) is 15.8. The molecule has 1 atom stereocenters. The summed E-state index contributed by atoms with van der Waals surface area (Å²) in [5.74, 6) is 1.05.